The van der Waals surface area contributed by atoms with Gasteiger partial charge in [-0.25, -0.2) is 10.2 Å². The maximum absolute atomic E-state index is 12.7. The van der Waals surface area contributed by atoms with E-state index in [0.29, 0.717) is 37.7 Å². The Morgan fingerprint density at radius 1 is 1.12 bits per heavy atom. The summed E-state index contributed by atoms with van der Waals surface area (Å²) < 4.78 is 12.5. The summed E-state index contributed by atoms with van der Waals surface area (Å²) in [7, 11) is 1.54. The fourth-order valence-electron chi connectivity index (χ4n) is 3.63. The molecule has 166 valence electrons. The second kappa shape index (κ2) is 9.97. The van der Waals surface area contributed by atoms with Gasteiger partial charge < -0.3 is 24.3 Å². The van der Waals surface area contributed by atoms with Gasteiger partial charge in [-0.05, 0) is 18.2 Å². The number of nitrogens with zero attached hydrogens (tertiary/aromatic N) is 3. The van der Waals surface area contributed by atoms with Crippen molar-refractivity contribution >= 4 is 34.7 Å². The van der Waals surface area contributed by atoms with Crippen LogP contribution in [0.4, 0.5) is 10.5 Å². The lowest BCUT2D eigenvalue weighted by molar-refractivity contribution is -0.135. The zero-order valence-electron chi connectivity index (χ0n) is 17.8. The average Bonchev–Trinajstić information content (AvgIpc) is 3.17. The molecule has 4 rings (SSSR count). The van der Waals surface area contributed by atoms with Gasteiger partial charge in [-0.1, -0.05) is 30.3 Å². The number of amides is 3. The van der Waals surface area contributed by atoms with Crippen molar-refractivity contribution < 1.29 is 19.1 Å². The largest absolute Gasteiger partial charge is 0.495 e. The zero-order valence-corrected chi connectivity index (χ0v) is 17.8. The Balaban J connectivity index is 1.45. The number of methoxy groups -OCH3 is 1. The molecule has 1 aromatic heterocycles. The number of aromatic nitrogens is 1. The lowest BCUT2D eigenvalue weighted by Crippen LogP contribution is -2.42. The van der Waals surface area contributed by atoms with Crippen molar-refractivity contribution in [2.75, 3.05) is 38.7 Å². The second-order valence-corrected chi connectivity index (χ2v) is 7.25. The van der Waals surface area contributed by atoms with E-state index >= 15 is 0 Å². The van der Waals surface area contributed by atoms with Gasteiger partial charge in [0.15, 0.2) is 0 Å². The van der Waals surface area contributed by atoms with Crippen LogP contribution in [0.5, 0.6) is 5.75 Å². The molecule has 3 amide bonds. The zero-order chi connectivity index (χ0) is 22.3. The van der Waals surface area contributed by atoms with Gasteiger partial charge in [0.2, 0.25) is 5.91 Å². The Kier molecular flexibility index (Phi) is 6.66. The molecule has 1 aliphatic rings. The van der Waals surface area contributed by atoms with E-state index in [1.165, 1.54) is 7.11 Å². The molecule has 0 saturated carbocycles. The first-order valence-corrected chi connectivity index (χ1v) is 10.3. The Morgan fingerprint density at radius 2 is 1.88 bits per heavy atom. The number of rotatable bonds is 6. The first kappa shape index (κ1) is 21.4. The molecule has 0 unspecified atom stereocenters. The van der Waals surface area contributed by atoms with Crippen LogP contribution in [0.3, 0.4) is 0 Å². The molecular weight excluding hydrogens is 410 g/mol. The van der Waals surface area contributed by atoms with Gasteiger partial charge in [-0.3, -0.25) is 4.79 Å². The highest BCUT2D eigenvalue weighted by atomic mass is 16.5. The summed E-state index contributed by atoms with van der Waals surface area (Å²) in [5, 5.41) is 7.71. The second-order valence-electron chi connectivity index (χ2n) is 7.25. The molecule has 1 saturated heterocycles. The molecule has 2 heterocycles. The van der Waals surface area contributed by atoms with Gasteiger partial charge in [-0.2, -0.15) is 5.10 Å². The van der Waals surface area contributed by atoms with Crippen LogP contribution in [-0.2, 0) is 16.1 Å². The van der Waals surface area contributed by atoms with Gasteiger partial charge in [0, 0.05) is 35.8 Å². The van der Waals surface area contributed by atoms with E-state index in [9.17, 15) is 9.59 Å². The van der Waals surface area contributed by atoms with E-state index in [0.717, 1.165) is 16.5 Å². The fraction of sp³-hybridized carbons (Fsp3) is 0.261. The van der Waals surface area contributed by atoms with E-state index in [2.05, 4.69) is 15.8 Å². The van der Waals surface area contributed by atoms with Crippen LogP contribution in [0.1, 0.15) is 5.56 Å². The minimum absolute atomic E-state index is 0.0480. The lowest BCUT2D eigenvalue weighted by atomic mass is 10.2. The molecule has 9 heteroatoms. The summed E-state index contributed by atoms with van der Waals surface area (Å²) in [4.78, 5) is 26.7. The summed E-state index contributed by atoms with van der Waals surface area (Å²) in [5.74, 6) is 0.603. The van der Waals surface area contributed by atoms with Crippen LogP contribution < -0.4 is 15.5 Å². The number of nitrogens with one attached hydrogen (secondary N) is 2. The van der Waals surface area contributed by atoms with Crippen LogP contribution >= 0.6 is 0 Å². The standard InChI is InChI=1S/C23H25N5O4/c1-31-21-9-5-3-7-19(21)25-23(30)26-24-14-17-15-28(20-8-4-2-6-18(17)20)16-22(29)27-10-12-32-13-11-27/h2-9,14-15H,10-13,16H2,1H3,(H2,25,26,30)/b24-14-. The Bertz CT molecular complexity index is 1130. The average molecular weight is 435 g/mol. The van der Waals surface area contributed by atoms with E-state index < -0.39 is 6.03 Å². The molecule has 1 fully saturated rings. The predicted octanol–water partition coefficient (Wildman–Crippen LogP) is 2.66. The minimum atomic E-state index is -0.489. The molecule has 0 aliphatic carbocycles. The molecule has 0 radical (unpaired) electrons. The number of morpholine rings is 1. The van der Waals surface area contributed by atoms with Crippen molar-refractivity contribution in [2.24, 2.45) is 5.10 Å². The number of carbonyl (C=O) groups excluding carboxylic acids is 2. The van der Waals surface area contributed by atoms with E-state index in [4.69, 9.17) is 9.47 Å². The number of ether oxygens (including phenoxy) is 2. The lowest BCUT2D eigenvalue weighted by Gasteiger charge is -2.27. The third-order valence-electron chi connectivity index (χ3n) is 5.21. The molecule has 0 atom stereocenters. The van der Waals surface area contributed by atoms with Gasteiger partial charge in [0.05, 0.1) is 32.2 Å². The normalized spacial score (nSPS) is 14.0. The Hall–Kier alpha value is -3.85. The van der Waals surface area contributed by atoms with Crippen LogP contribution in [0.25, 0.3) is 10.9 Å². The predicted molar refractivity (Wildman–Crippen MR) is 122 cm³/mol. The van der Waals surface area contributed by atoms with Crippen LogP contribution in [-0.4, -0.2) is 61.0 Å². The highest BCUT2D eigenvalue weighted by molar-refractivity contribution is 6.00. The van der Waals surface area contributed by atoms with Gasteiger partial charge >= 0.3 is 6.03 Å². The number of hydrazone groups is 1. The summed E-state index contributed by atoms with van der Waals surface area (Å²) >= 11 is 0. The molecule has 2 N–H and O–H groups in total. The summed E-state index contributed by atoms with van der Waals surface area (Å²) in [5.41, 5.74) is 4.73. The quantitative estimate of drug-likeness (QED) is 0.460. The molecule has 0 bridgehead atoms. The maximum atomic E-state index is 12.7. The van der Waals surface area contributed by atoms with Gasteiger partial charge in [0.1, 0.15) is 12.3 Å². The molecule has 3 aromatic rings. The number of para-hydroxylation sites is 3. The topological polar surface area (TPSA) is 97.2 Å². The summed E-state index contributed by atoms with van der Waals surface area (Å²) in [6.07, 6.45) is 3.44. The number of urea groups is 1. The smallest absolute Gasteiger partial charge is 0.339 e. The van der Waals surface area contributed by atoms with Crippen molar-refractivity contribution in [2.45, 2.75) is 6.54 Å². The number of hydrogen-bond donors (Lipinski definition) is 2. The number of hydrogen-bond acceptors (Lipinski definition) is 5. The van der Waals surface area contributed by atoms with Crippen LogP contribution in [0.15, 0.2) is 59.8 Å². The maximum Gasteiger partial charge on any atom is 0.339 e. The number of carbonyl (C=O) groups is 2. The van der Waals surface area contributed by atoms with Crippen molar-refractivity contribution in [1.82, 2.24) is 14.9 Å². The highest BCUT2D eigenvalue weighted by Gasteiger charge is 2.18. The Labute approximate surface area is 185 Å². The summed E-state index contributed by atoms with van der Waals surface area (Å²) in [6, 6.07) is 14.4. The molecule has 2 aromatic carbocycles. The first-order valence-electron chi connectivity index (χ1n) is 10.3. The van der Waals surface area contributed by atoms with Crippen molar-refractivity contribution in [3.63, 3.8) is 0 Å². The monoisotopic (exact) mass is 435 g/mol. The third kappa shape index (κ3) is 4.89. The minimum Gasteiger partial charge on any atom is -0.495 e. The summed E-state index contributed by atoms with van der Waals surface area (Å²) in [6.45, 7) is 2.59. The first-order chi connectivity index (χ1) is 15.7. The van der Waals surface area contributed by atoms with E-state index in [-0.39, 0.29) is 12.5 Å². The number of benzene rings is 2. The van der Waals surface area contributed by atoms with Crippen LogP contribution in [0.2, 0.25) is 0 Å². The molecule has 32 heavy (non-hydrogen) atoms. The van der Waals surface area contributed by atoms with E-state index in [1.807, 2.05) is 46.0 Å². The molecule has 0 spiro atoms. The van der Waals surface area contributed by atoms with Crippen molar-refractivity contribution in [1.29, 1.82) is 0 Å². The van der Waals surface area contributed by atoms with Crippen LogP contribution in [0, 0.1) is 0 Å². The SMILES string of the molecule is COc1ccccc1NC(=O)N/N=C\c1cn(CC(=O)N2CCOCC2)c2ccccc12. The third-order valence-corrected chi connectivity index (χ3v) is 5.21. The fourth-order valence-corrected chi connectivity index (χ4v) is 3.63. The molecule has 1 aliphatic heterocycles. The molecular formula is C23H25N5O4. The molecule has 9 nitrogen and oxygen atoms in total. The number of fused-ring (bicyclic) bond motifs is 1. The highest BCUT2D eigenvalue weighted by Crippen LogP contribution is 2.23. The number of anilines is 1. The van der Waals surface area contributed by atoms with E-state index in [1.54, 1.807) is 24.4 Å². The Morgan fingerprint density at radius 3 is 2.69 bits per heavy atom. The van der Waals surface area contributed by atoms with Gasteiger partial charge in [-0.15, -0.1) is 0 Å². The van der Waals surface area contributed by atoms with Crippen molar-refractivity contribution in [3.8, 4) is 5.75 Å². The van der Waals surface area contributed by atoms with Crippen molar-refractivity contribution in [3.05, 3.63) is 60.3 Å². The van der Waals surface area contributed by atoms with Gasteiger partial charge in [0.25, 0.3) is 0 Å².